The first-order valence-electron chi connectivity index (χ1n) is 4.76. The summed E-state index contributed by atoms with van der Waals surface area (Å²) in [5.74, 6) is 0.851. The van der Waals surface area contributed by atoms with Crippen molar-refractivity contribution >= 4 is 34.5 Å². The Morgan fingerprint density at radius 3 is 2.40 bits per heavy atom. The maximum absolute atomic E-state index is 11.2. The van der Waals surface area contributed by atoms with Crippen molar-refractivity contribution in [2.45, 2.75) is 26.4 Å². The predicted molar refractivity (Wildman–Crippen MR) is 72.8 cm³/mol. The minimum atomic E-state index is -1.21. The third kappa shape index (κ3) is 12.2. The molecule has 0 fully saturated rings. The average molecular weight is 269 g/mol. The smallest absolute Gasteiger partial charge is 0.407 e. The van der Waals surface area contributed by atoms with Crippen LogP contribution < -0.4 is 5.32 Å². The molecule has 0 spiro atoms. The van der Waals surface area contributed by atoms with Crippen LogP contribution in [0.15, 0.2) is 0 Å². The molecule has 0 aliphatic rings. The number of carbonyl (C=O) groups is 1. The Morgan fingerprint density at radius 1 is 1.47 bits per heavy atom. The van der Waals surface area contributed by atoms with Crippen molar-refractivity contribution in [1.82, 2.24) is 5.32 Å². The molecule has 0 bridgehead atoms. The third-order valence-electron chi connectivity index (χ3n) is 1.17. The van der Waals surface area contributed by atoms with Crippen molar-refractivity contribution in [3.8, 4) is 0 Å². The van der Waals surface area contributed by atoms with Crippen molar-refractivity contribution in [3.05, 3.63) is 0 Å². The van der Waals surface area contributed by atoms with Crippen LogP contribution in [0.5, 0.6) is 0 Å². The first-order valence-corrected chi connectivity index (χ1v) is 10.1. The van der Waals surface area contributed by atoms with Crippen molar-refractivity contribution in [2.75, 3.05) is 25.6 Å². The summed E-state index contributed by atoms with van der Waals surface area (Å²) in [6, 6.07) is 0. The van der Waals surface area contributed by atoms with E-state index in [9.17, 15) is 4.79 Å². The van der Waals surface area contributed by atoms with Gasteiger partial charge in [0.25, 0.3) is 0 Å². The highest BCUT2D eigenvalue weighted by Gasteiger charge is 2.15. The Hall–Kier alpha value is 0.270. The highest BCUT2D eigenvalue weighted by atomic mass is 32.9. The lowest BCUT2D eigenvalue weighted by Gasteiger charge is -2.19. The van der Waals surface area contributed by atoms with Crippen molar-refractivity contribution in [2.24, 2.45) is 0 Å². The van der Waals surface area contributed by atoms with Gasteiger partial charge in [0.2, 0.25) is 0 Å². The van der Waals surface area contributed by atoms with Gasteiger partial charge in [0, 0.05) is 17.5 Å². The fourth-order valence-corrected chi connectivity index (χ4v) is 3.63. The molecule has 0 aromatic heterocycles. The molecule has 1 N–H and O–H groups in total. The molecular formula is C9H20NO2PS2. The van der Waals surface area contributed by atoms with Crippen LogP contribution in [-0.2, 0) is 16.5 Å². The summed E-state index contributed by atoms with van der Waals surface area (Å²) in [7, 11) is 0. The molecule has 0 aliphatic heterocycles. The second kappa shape index (κ2) is 6.12. The van der Waals surface area contributed by atoms with Crippen molar-refractivity contribution in [3.63, 3.8) is 0 Å². The highest BCUT2D eigenvalue weighted by Crippen LogP contribution is 2.51. The molecular weight excluding hydrogens is 249 g/mol. The summed E-state index contributed by atoms with van der Waals surface area (Å²) in [5, 5.41) is 1.49. The molecule has 0 saturated carbocycles. The van der Waals surface area contributed by atoms with Gasteiger partial charge < -0.3 is 10.1 Å². The second-order valence-corrected chi connectivity index (χ2v) is 14.6. The average Bonchev–Trinajstić information content (AvgIpc) is 1.92. The van der Waals surface area contributed by atoms with Crippen LogP contribution in [0.25, 0.3) is 0 Å². The summed E-state index contributed by atoms with van der Waals surface area (Å²) in [5.41, 5.74) is -0.429. The van der Waals surface area contributed by atoms with Crippen LogP contribution in [-0.4, -0.2) is 37.3 Å². The van der Waals surface area contributed by atoms with E-state index < -0.39 is 10.8 Å². The number of amides is 1. The number of hydrogen-bond donors (Lipinski definition) is 1. The molecule has 15 heavy (non-hydrogen) atoms. The first-order chi connectivity index (χ1) is 6.60. The monoisotopic (exact) mass is 269 g/mol. The van der Waals surface area contributed by atoms with Crippen molar-refractivity contribution in [1.29, 1.82) is 0 Å². The third-order valence-corrected chi connectivity index (χ3v) is 5.54. The quantitative estimate of drug-likeness (QED) is 0.629. The van der Waals surface area contributed by atoms with Gasteiger partial charge in [0.15, 0.2) is 0 Å². The minimum Gasteiger partial charge on any atom is -0.444 e. The zero-order valence-electron chi connectivity index (χ0n) is 9.99. The molecule has 0 rings (SSSR count). The molecule has 0 aromatic rings. The molecule has 0 radical (unpaired) electrons. The lowest BCUT2D eigenvalue weighted by Crippen LogP contribution is -2.33. The summed E-state index contributed by atoms with van der Waals surface area (Å²) in [6.07, 6.45) is -0.358. The molecule has 1 amide bonds. The Morgan fingerprint density at radius 2 is 2.00 bits per heavy atom. The number of rotatable bonds is 4. The molecule has 6 heteroatoms. The van der Waals surface area contributed by atoms with Crippen LogP contribution in [0.3, 0.4) is 0 Å². The standard InChI is InChI=1S/C9H20NO2PS2/c1-9(2,3)12-8(11)10-6-7-15-13(4,5)14/h6-7H2,1-5H3,(H,10,11). The normalized spacial score (nSPS) is 12.3. The number of ether oxygens (including phenoxy) is 1. The fraction of sp³-hybridized carbons (Fsp3) is 0.889. The van der Waals surface area contributed by atoms with Crippen LogP contribution >= 0.6 is 16.6 Å². The fourth-order valence-electron chi connectivity index (χ4n) is 0.733. The molecule has 0 saturated heterocycles. The van der Waals surface area contributed by atoms with E-state index in [1.165, 1.54) is 0 Å². The second-order valence-electron chi connectivity index (χ2n) is 4.51. The van der Waals surface area contributed by atoms with Gasteiger partial charge in [0.05, 0.1) is 0 Å². The zero-order valence-corrected chi connectivity index (χ0v) is 12.5. The van der Waals surface area contributed by atoms with E-state index in [0.717, 1.165) is 5.75 Å². The number of carbonyl (C=O) groups excluding carboxylic acids is 1. The van der Waals surface area contributed by atoms with Gasteiger partial charge in [-0.3, -0.25) is 0 Å². The van der Waals surface area contributed by atoms with E-state index in [0.29, 0.717) is 6.54 Å². The van der Waals surface area contributed by atoms with Crippen LogP contribution in [0.4, 0.5) is 4.79 Å². The lowest BCUT2D eigenvalue weighted by atomic mass is 10.2. The van der Waals surface area contributed by atoms with Crippen LogP contribution in [0.2, 0.25) is 0 Å². The largest absolute Gasteiger partial charge is 0.444 e. The predicted octanol–water partition coefficient (Wildman–Crippen LogP) is 2.90. The number of alkyl carbamates (subject to hydrolysis) is 1. The maximum Gasteiger partial charge on any atom is 0.407 e. The van der Waals surface area contributed by atoms with E-state index in [-0.39, 0.29) is 6.09 Å². The van der Waals surface area contributed by atoms with E-state index >= 15 is 0 Å². The van der Waals surface area contributed by atoms with Gasteiger partial charge >= 0.3 is 6.09 Å². The van der Waals surface area contributed by atoms with Gasteiger partial charge in [-0.1, -0.05) is 11.8 Å². The molecule has 0 aliphatic carbocycles. The van der Waals surface area contributed by atoms with Gasteiger partial charge in [-0.15, -0.1) is 11.4 Å². The highest BCUT2D eigenvalue weighted by molar-refractivity contribution is 8.70. The van der Waals surface area contributed by atoms with Gasteiger partial charge in [0.1, 0.15) is 5.60 Å². The van der Waals surface area contributed by atoms with Crippen LogP contribution in [0, 0.1) is 0 Å². The van der Waals surface area contributed by atoms with E-state index in [4.69, 9.17) is 16.5 Å². The van der Waals surface area contributed by atoms with E-state index in [1.807, 2.05) is 20.8 Å². The molecule has 0 atom stereocenters. The SMILES string of the molecule is CC(C)(C)OC(=O)NCCSP(C)(C)=S. The zero-order chi connectivity index (χ0) is 12.1. The Kier molecular flexibility index (Phi) is 6.23. The Bertz CT molecular complexity index is 257. The molecule has 0 unspecified atom stereocenters. The number of nitrogens with one attached hydrogen (secondary N) is 1. The maximum atomic E-state index is 11.2. The van der Waals surface area contributed by atoms with E-state index in [2.05, 4.69) is 18.6 Å². The summed E-state index contributed by atoms with van der Waals surface area (Å²) < 4.78 is 5.09. The molecule has 0 aromatic carbocycles. The Balaban J connectivity index is 3.61. The number of hydrogen-bond acceptors (Lipinski definition) is 4. The topological polar surface area (TPSA) is 38.3 Å². The first kappa shape index (κ1) is 15.3. The molecule has 0 heterocycles. The summed E-state index contributed by atoms with van der Waals surface area (Å²) in [6.45, 7) is 10.3. The minimum absolute atomic E-state index is 0.358. The Labute approximate surface area is 101 Å². The summed E-state index contributed by atoms with van der Waals surface area (Å²) >= 11 is 7.03. The van der Waals surface area contributed by atoms with Crippen LogP contribution in [0.1, 0.15) is 20.8 Å². The molecule has 3 nitrogen and oxygen atoms in total. The lowest BCUT2D eigenvalue weighted by molar-refractivity contribution is 0.0531. The molecule has 90 valence electrons. The van der Waals surface area contributed by atoms with Crippen molar-refractivity contribution < 1.29 is 9.53 Å². The van der Waals surface area contributed by atoms with Gasteiger partial charge in [-0.2, -0.15) is 0 Å². The van der Waals surface area contributed by atoms with Gasteiger partial charge in [-0.05, 0) is 34.1 Å². The van der Waals surface area contributed by atoms with Gasteiger partial charge in [-0.25, -0.2) is 4.79 Å². The summed E-state index contributed by atoms with van der Waals surface area (Å²) in [4.78, 5) is 11.2. The van der Waals surface area contributed by atoms with E-state index in [1.54, 1.807) is 11.4 Å².